The number of halogens is 1. The van der Waals surface area contributed by atoms with Gasteiger partial charge in [-0.05, 0) is 54.1 Å². The third-order valence-electron chi connectivity index (χ3n) is 3.90. The second kappa shape index (κ2) is 9.06. The summed E-state index contributed by atoms with van der Waals surface area (Å²) in [5.74, 6) is -0.296. The van der Waals surface area contributed by atoms with Gasteiger partial charge in [-0.2, -0.15) is 0 Å². The Bertz CT molecular complexity index is 965. The molecule has 0 saturated heterocycles. The van der Waals surface area contributed by atoms with Crippen LogP contribution in [0.5, 0.6) is 11.5 Å². The second-order valence-electron chi connectivity index (χ2n) is 5.82. The first-order chi connectivity index (χ1) is 13.6. The van der Waals surface area contributed by atoms with Gasteiger partial charge in [0.25, 0.3) is 0 Å². The number of para-hydroxylation sites is 1. The number of carbonyl (C=O) groups is 2. The van der Waals surface area contributed by atoms with Gasteiger partial charge in [0, 0.05) is 5.02 Å². The van der Waals surface area contributed by atoms with Crippen LogP contribution in [0.3, 0.4) is 0 Å². The van der Waals surface area contributed by atoms with Gasteiger partial charge < -0.3 is 14.2 Å². The summed E-state index contributed by atoms with van der Waals surface area (Å²) in [7, 11) is 1.30. The lowest BCUT2D eigenvalue weighted by atomic mass is 10.2. The molecule has 0 fully saturated rings. The van der Waals surface area contributed by atoms with Crippen LogP contribution in [0.2, 0.25) is 5.02 Å². The minimum atomic E-state index is -0.558. The van der Waals surface area contributed by atoms with Crippen LogP contribution in [0.1, 0.15) is 26.3 Å². The largest absolute Gasteiger partial charge is 0.488 e. The van der Waals surface area contributed by atoms with Gasteiger partial charge in [-0.3, -0.25) is 0 Å². The van der Waals surface area contributed by atoms with E-state index in [1.807, 2.05) is 12.1 Å². The molecule has 3 aromatic carbocycles. The number of methoxy groups -OCH3 is 1. The van der Waals surface area contributed by atoms with Crippen molar-refractivity contribution in [2.24, 2.45) is 0 Å². The van der Waals surface area contributed by atoms with Crippen LogP contribution in [-0.2, 0) is 11.3 Å². The Balaban J connectivity index is 1.70. The van der Waals surface area contributed by atoms with Crippen molar-refractivity contribution < 1.29 is 23.8 Å². The second-order valence-corrected chi connectivity index (χ2v) is 6.25. The molecule has 0 atom stereocenters. The molecule has 0 amide bonds. The summed E-state index contributed by atoms with van der Waals surface area (Å²) in [6.07, 6.45) is 0. The van der Waals surface area contributed by atoms with E-state index in [1.165, 1.54) is 31.4 Å². The molecule has 3 aromatic rings. The molecule has 0 aliphatic heterocycles. The Labute approximate surface area is 167 Å². The average molecular weight is 397 g/mol. The maximum Gasteiger partial charge on any atom is 0.347 e. The van der Waals surface area contributed by atoms with Crippen LogP contribution in [0.25, 0.3) is 0 Å². The number of esters is 2. The number of rotatable bonds is 6. The molecule has 0 unspecified atom stereocenters. The molecule has 6 heteroatoms. The third-order valence-corrected chi connectivity index (χ3v) is 4.15. The van der Waals surface area contributed by atoms with Gasteiger partial charge in [0.1, 0.15) is 23.7 Å². The van der Waals surface area contributed by atoms with Gasteiger partial charge in [0.05, 0.1) is 12.7 Å². The van der Waals surface area contributed by atoms with Crippen LogP contribution < -0.4 is 9.47 Å². The van der Waals surface area contributed by atoms with E-state index in [4.69, 9.17) is 21.1 Å². The van der Waals surface area contributed by atoms with Crippen LogP contribution in [0.4, 0.5) is 0 Å². The molecular weight excluding hydrogens is 380 g/mol. The molecule has 3 rings (SSSR count). The smallest absolute Gasteiger partial charge is 0.347 e. The maximum absolute atomic E-state index is 12.6. The SMILES string of the molecule is COC(=O)c1ccc(OC(=O)c2ccccc2OCc2ccc(Cl)cc2)cc1. The predicted octanol–water partition coefficient (Wildman–Crippen LogP) is 4.92. The van der Waals surface area contributed by atoms with Crippen LogP contribution in [0.15, 0.2) is 72.8 Å². The van der Waals surface area contributed by atoms with Crippen molar-refractivity contribution in [3.63, 3.8) is 0 Å². The highest BCUT2D eigenvalue weighted by Crippen LogP contribution is 2.22. The molecule has 0 radical (unpaired) electrons. The van der Waals surface area contributed by atoms with Crippen LogP contribution >= 0.6 is 11.6 Å². The first kappa shape index (κ1) is 19.5. The Hall–Kier alpha value is -3.31. The molecule has 0 spiro atoms. The highest BCUT2D eigenvalue weighted by atomic mass is 35.5. The summed E-state index contributed by atoms with van der Waals surface area (Å²) in [5, 5.41) is 0.644. The molecule has 0 aromatic heterocycles. The zero-order chi connectivity index (χ0) is 19.9. The number of hydrogen-bond acceptors (Lipinski definition) is 5. The summed E-state index contributed by atoms with van der Waals surface area (Å²) in [5.41, 5.74) is 1.59. The van der Waals surface area contributed by atoms with Gasteiger partial charge in [-0.15, -0.1) is 0 Å². The third kappa shape index (κ3) is 4.90. The highest BCUT2D eigenvalue weighted by molar-refractivity contribution is 6.30. The lowest BCUT2D eigenvalue weighted by Gasteiger charge is -2.11. The van der Waals surface area contributed by atoms with E-state index in [2.05, 4.69) is 4.74 Å². The Morgan fingerprint density at radius 2 is 1.54 bits per heavy atom. The minimum Gasteiger partial charge on any atom is -0.488 e. The molecular formula is C22H17ClO5. The van der Waals surface area contributed by atoms with Crippen molar-refractivity contribution in [2.45, 2.75) is 6.61 Å². The van der Waals surface area contributed by atoms with Crippen molar-refractivity contribution in [1.82, 2.24) is 0 Å². The van der Waals surface area contributed by atoms with Crippen molar-refractivity contribution in [3.8, 4) is 11.5 Å². The van der Waals surface area contributed by atoms with E-state index >= 15 is 0 Å². The number of benzene rings is 3. The molecule has 0 aliphatic rings. The van der Waals surface area contributed by atoms with E-state index in [9.17, 15) is 9.59 Å². The molecule has 142 valence electrons. The molecule has 0 N–H and O–H groups in total. The van der Waals surface area contributed by atoms with Crippen molar-refractivity contribution in [1.29, 1.82) is 0 Å². The average Bonchev–Trinajstić information content (AvgIpc) is 2.73. The molecule has 0 heterocycles. The summed E-state index contributed by atoms with van der Waals surface area (Å²) in [6.45, 7) is 0.287. The van der Waals surface area contributed by atoms with Crippen molar-refractivity contribution in [2.75, 3.05) is 7.11 Å². The summed E-state index contributed by atoms with van der Waals surface area (Å²) in [6, 6.07) is 20.2. The van der Waals surface area contributed by atoms with Crippen molar-refractivity contribution in [3.05, 3.63) is 94.5 Å². The van der Waals surface area contributed by atoms with E-state index in [-0.39, 0.29) is 6.61 Å². The summed E-state index contributed by atoms with van der Waals surface area (Å²) in [4.78, 5) is 24.0. The van der Waals surface area contributed by atoms with Gasteiger partial charge in [-0.1, -0.05) is 35.9 Å². The lowest BCUT2D eigenvalue weighted by molar-refractivity contribution is 0.0600. The first-order valence-corrected chi connectivity index (χ1v) is 8.81. The summed E-state index contributed by atoms with van der Waals surface area (Å²) < 4.78 is 15.8. The van der Waals surface area contributed by atoms with E-state index in [0.717, 1.165) is 5.56 Å². The van der Waals surface area contributed by atoms with Gasteiger partial charge in [-0.25, -0.2) is 9.59 Å². The molecule has 0 saturated carbocycles. The Morgan fingerprint density at radius 3 is 2.21 bits per heavy atom. The zero-order valence-electron chi connectivity index (χ0n) is 15.1. The first-order valence-electron chi connectivity index (χ1n) is 8.43. The topological polar surface area (TPSA) is 61.8 Å². The quantitative estimate of drug-likeness (QED) is 0.437. The van der Waals surface area contributed by atoms with Gasteiger partial charge in [0.15, 0.2) is 0 Å². The fourth-order valence-electron chi connectivity index (χ4n) is 2.44. The van der Waals surface area contributed by atoms with Crippen LogP contribution in [-0.4, -0.2) is 19.0 Å². The predicted molar refractivity (Wildman–Crippen MR) is 105 cm³/mol. The fourth-order valence-corrected chi connectivity index (χ4v) is 2.57. The molecule has 28 heavy (non-hydrogen) atoms. The number of ether oxygens (including phenoxy) is 3. The Morgan fingerprint density at radius 1 is 0.857 bits per heavy atom. The molecule has 0 bridgehead atoms. The van der Waals surface area contributed by atoms with E-state index < -0.39 is 11.9 Å². The number of carbonyl (C=O) groups excluding carboxylic acids is 2. The minimum absolute atomic E-state index is 0.287. The Kier molecular flexibility index (Phi) is 6.29. The van der Waals surface area contributed by atoms with Crippen LogP contribution in [0, 0.1) is 0 Å². The van der Waals surface area contributed by atoms with Crippen molar-refractivity contribution >= 4 is 23.5 Å². The van der Waals surface area contributed by atoms with Gasteiger partial charge in [0.2, 0.25) is 0 Å². The fraction of sp³-hybridized carbons (Fsp3) is 0.0909. The normalized spacial score (nSPS) is 10.2. The standard InChI is InChI=1S/C22H17ClO5/c1-26-21(24)16-8-12-18(13-9-16)28-22(25)19-4-2-3-5-20(19)27-14-15-6-10-17(23)11-7-15/h2-13H,14H2,1H3. The molecule has 5 nitrogen and oxygen atoms in total. The zero-order valence-corrected chi connectivity index (χ0v) is 15.8. The van der Waals surface area contributed by atoms with E-state index in [0.29, 0.717) is 27.6 Å². The number of hydrogen-bond donors (Lipinski definition) is 0. The van der Waals surface area contributed by atoms with Gasteiger partial charge >= 0.3 is 11.9 Å². The van der Waals surface area contributed by atoms with E-state index in [1.54, 1.807) is 36.4 Å². The maximum atomic E-state index is 12.6. The highest BCUT2D eigenvalue weighted by Gasteiger charge is 2.15. The molecule has 0 aliphatic carbocycles. The summed E-state index contributed by atoms with van der Waals surface area (Å²) >= 11 is 5.88. The lowest BCUT2D eigenvalue weighted by Crippen LogP contribution is -2.11. The monoisotopic (exact) mass is 396 g/mol.